The van der Waals surface area contributed by atoms with E-state index in [0.717, 1.165) is 38.8 Å². The van der Waals surface area contributed by atoms with Gasteiger partial charge < -0.3 is 20.3 Å². The van der Waals surface area contributed by atoms with E-state index in [9.17, 15) is 14.4 Å². The maximum Gasteiger partial charge on any atom is 0.246 e. The number of likely N-dealkylation sites (tertiary alicyclic amines) is 2. The SMILES string of the molecule is CC[C@@H]1CCCCN1CCN1C(=O)[C@H]2[C@H](C(=O)Nc3ccc(C(C)C)cc3)[C@H]3C=C[C@@]2(O3)[C@@H]1C(=O)N[C@@H]1CCC[C@H](C)[C@@H]1C. The largest absolute Gasteiger partial charge is 0.359 e. The lowest BCUT2D eigenvalue weighted by Gasteiger charge is -2.39. The predicted octanol–water partition coefficient (Wildman–Crippen LogP) is 5.10. The first kappa shape index (κ1) is 31.3. The molecule has 1 aromatic carbocycles. The third kappa shape index (κ3) is 5.51. The predicted molar refractivity (Wildman–Crippen MR) is 172 cm³/mol. The molecule has 44 heavy (non-hydrogen) atoms. The highest BCUT2D eigenvalue weighted by molar-refractivity contribution is 6.02. The number of rotatable bonds is 9. The summed E-state index contributed by atoms with van der Waals surface area (Å²) in [6, 6.07) is 7.67. The molecule has 2 N–H and O–H groups in total. The quantitative estimate of drug-likeness (QED) is 0.383. The number of amides is 3. The lowest BCUT2D eigenvalue weighted by molar-refractivity contribution is -0.142. The number of hydrogen-bond acceptors (Lipinski definition) is 5. The average molecular weight is 605 g/mol. The summed E-state index contributed by atoms with van der Waals surface area (Å²) >= 11 is 0. The van der Waals surface area contributed by atoms with Crippen LogP contribution in [-0.2, 0) is 19.1 Å². The molecule has 6 rings (SSSR count). The number of nitrogens with one attached hydrogen (secondary N) is 2. The summed E-state index contributed by atoms with van der Waals surface area (Å²) in [6.07, 6.45) is 11.2. The van der Waals surface area contributed by atoms with Gasteiger partial charge >= 0.3 is 0 Å². The van der Waals surface area contributed by atoms with Crippen molar-refractivity contribution in [3.8, 4) is 0 Å². The standard InChI is InChI=1S/C36H52N4O4/c1-6-27-11-7-8-19-39(27)20-21-40-32(34(42)38-28-12-9-10-23(4)24(28)5)36-18-17-29(44-36)30(31(36)35(40)43)33(41)37-26-15-13-25(14-16-26)22(2)3/h13-18,22-24,27-32H,6-12,19-21H2,1-5H3,(H,37,41)(H,38,42)/t23-,24-,27+,28+,29+,30+,31+,32-,36-/m0/s1. The molecule has 3 saturated heterocycles. The van der Waals surface area contributed by atoms with Crippen molar-refractivity contribution in [1.82, 2.24) is 15.1 Å². The maximum atomic E-state index is 14.4. The third-order valence-corrected chi connectivity index (χ3v) is 11.7. The van der Waals surface area contributed by atoms with Crippen molar-refractivity contribution in [2.75, 3.05) is 25.0 Å². The van der Waals surface area contributed by atoms with Gasteiger partial charge in [-0.05, 0) is 67.7 Å². The molecular formula is C36H52N4O4. The average Bonchev–Trinajstić information content (AvgIpc) is 3.66. The Balaban J connectivity index is 1.26. The third-order valence-electron chi connectivity index (χ3n) is 11.7. The Kier molecular flexibility index (Phi) is 8.95. The van der Waals surface area contributed by atoms with Crippen LogP contribution in [0.15, 0.2) is 36.4 Å². The summed E-state index contributed by atoms with van der Waals surface area (Å²) in [6.45, 7) is 13.2. The highest BCUT2D eigenvalue weighted by Crippen LogP contribution is 2.55. The molecule has 5 aliphatic rings. The number of benzene rings is 1. The fraction of sp³-hybridized carbons (Fsp3) is 0.694. The van der Waals surface area contributed by atoms with Crippen LogP contribution in [-0.4, -0.2) is 77.0 Å². The van der Waals surface area contributed by atoms with Crippen LogP contribution in [0.3, 0.4) is 0 Å². The Morgan fingerprint density at radius 2 is 1.80 bits per heavy atom. The molecule has 8 nitrogen and oxygen atoms in total. The molecule has 0 aromatic heterocycles. The molecule has 1 spiro atoms. The van der Waals surface area contributed by atoms with Gasteiger partial charge in [0.25, 0.3) is 0 Å². The Hall–Kier alpha value is -2.71. The summed E-state index contributed by atoms with van der Waals surface area (Å²) in [5, 5.41) is 6.44. The minimum absolute atomic E-state index is 0.0701. The molecule has 4 heterocycles. The zero-order valence-corrected chi connectivity index (χ0v) is 27.3. The van der Waals surface area contributed by atoms with Gasteiger partial charge in [-0.15, -0.1) is 0 Å². The van der Waals surface area contributed by atoms with E-state index in [1.54, 1.807) is 4.90 Å². The molecule has 4 fully saturated rings. The molecular weight excluding hydrogens is 552 g/mol. The molecule has 8 heteroatoms. The first-order valence-corrected chi connectivity index (χ1v) is 17.3. The monoisotopic (exact) mass is 604 g/mol. The fourth-order valence-electron chi connectivity index (χ4n) is 8.79. The van der Waals surface area contributed by atoms with Crippen molar-refractivity contribution in [1.29, 1.82) is 0 Å². The van der Waals surface area contributed by atoms with E-state index in [4.69, 9.17) is 4.74 Å². The number of hydrogen-bond donors (Lipinski definition) is 2. The second-order valence-corrected chi connectivity index (χ2v) is 14.5. The summed E-state index contributed by atoms with van der Waals surface area (Å²) in [4.78, 5) is 46.9. The van der Waals surface area contributed by atoms with Gasteiger partial charge in [0, 0.05) is 30.9 Å². The number of carbonyl (C=O) groups is 3. The molecule has 4 aliphatic heterocycles. The van der Waals surface area contributed by atoms with Gasteiger partial charge in [0.15, 0.2) is 0 Å². The number of anilines is 1. The van der Waals surface area contributed by atoms with Gasteiger partial charge in [0.1, 0.15) is 11.6 Å². The minimum Gasteiger partial charge on any atom is -0.359 e. The molecule has 2 bridgehead atoms. The van der Waals surface area contributed by atoms with Crippen molar-refractivity contribution >= 4 is 23.4 Å². The lowest BCUT2D eigenvalue weighted by atomic mass is 9.73. The first-order chi connectivity index (χ1) is 21.1. The summed E-state index contributed by atoms with van der Waals surface area (Å²) < 4.78 is 6.60. The summed E-state index contributed by atoms with van der Waals surface area (Å²) in [5.74, 6) is -0.634. The van der Waals surface area contributed by atoms with Gasteiger partial charge in [-0.2, -0.15) is 0 Å². The van der Waals surface area contributed by atoms with E-state index in [0.29, 0.717) is 36.0 Å². The van der Waals surface area contributed by atoms with E-state index in [2.05, 4.69) is 50.2 Å². The second kappa shape index (κ2) is 12.6. The van der Waals surface area contributed by atoms with Crippen molar-refractivity contribution in [3.05, 3.63) is 42.0 Å². The smallest absolute Gasteiger partial charge is 0.246 e. The van der Waals surface area contributed by atoms with E-state index in [-0.39, 0.29) is 23.8 Å². The highest BCUT2D eigenvalue weighted by Gasteiger charge is 2.72. The number of carbonyl (C=O) groups excluding carboxylic acids is 3. The molecule has 1 aliphatic carbocycles. The van der Waals surface area contributed by atoms with Gasteiger partial charge in [-0.1, -0.05) is 78.2 Å². The number of fused-ring (bicyclic) bond motifs is 1. The van der Waals surface area contributed by atoms with Crippen LogP contribution in [0.5, 0.6) is 0 Å². The number of piperidine rings is 1. The van der Waals surface area contributed by atoms with E-state index >= 15 is 0 Å². The van der Waals surface area contributed by atoms with Gasteiger partial charge in [0.2, 0.25) is 17.7 Å². The van der Waals surface area contributed by atoms with Crippen LogP contribution >= 0.6 is 0 Å². The van der Waals surface area contributed by atoms with Gasteiger partial charge in [0.05, 0.1) is 17.9 Å². The summed E-state index contributed by atoms with van der Waals surface area (Å²) in [7, 11) is 0. The lowest BCUT2D eigenvalue weighted by Crippen LogP contribution is -2.58. The molecule has 240 valence electrons. The Bertz CT molecular complexity index is 1260. The van der Waals surface area contributed by atoms with Crippen LogP contribution in [0.1, 0.15) is 91.0 Å². The van der Waals surface area contributed by atoms with Crippen molar-refractivity contribution in [2.45, 2.75) is 115 Å². The van der Waals surface area contributed by atoms with Crippen LogP contribution in [0.25, 0.3) is 0 Å². The minimum atomic E-state index is -1.13. The zero-order chi connectivity index (χ0) is 31.2. The van der Waals surface area contributed by atoms with E-state index in [1.807, 2.05) is 36.4 Å². The summed E-state index contributed by atoms with van der Waals surface area (Å²) in [5.41, 5.74) is 0.766. The van der Waals surface area contributed by atoms with E-state index in [1.165, 1.54) is 24.8 Å². The molecule has 9 atom stereocenters. The van der Waals surface area contributed by atoms with Crippen molar-refractivity contribution in [2.24, 2.45) is 23.7 Å². The van der Waals surface area contributed by atoms with Crippen molar-refractivity contribution in [3.63, 3.8) is 0 Å². The normalized spacial score (nSPS) is 36.6. The van der Waals surface area contributed by atoms with Crippen LogP contribution in [0.2, 0.25) is 0 Å². The number of ether oxygens (including phenoxy) is 1. The topological polar surface area (TPSA) is 91.0 Å². The first-order valence-electron chi connectivity index (χ1n) is 17.3. The Labute approximate surface area is 263 Å². The van der Waals surface area contributed by atoms with Gasteiger partial charge in [-0.3, -0.25) is 19.3 Å². The molecule has 1 saturated carbocycles. The fourth-order valence-corrected chi connectivity index (χ4v) is 8.79. The molecule has 1 aromatic rings. The van der Waals surface area contributed by atoms with Crippen LogP contribution < -0.4 is 10.6 Å². The van der Waals surface area contributed by atoms with E-state index < -0.39 is 29.6 Å². The molecule has 0 unspecified atom stereocenters. The van der Waals surface area contributed by atoms with Crippen LogP contribution in [0.4, 0.5) is 5.69 Å². The van der Waals surface area contributed by atoms with Crippen LogP contribution in [0, 0.1) is 23.7 Å². The molecule has 0 radical (unpaired) electrons. The van der Waals surface area contributed by atoms with Gasteiger partial charge in [-0.25, -0.2) is 0 Å². The maximum absolute atomic E-state index is 14.4. The van der Waals surface area contributed by atoms with Crippen molar-refractivity contribution < 1.29 is 19.1 Å². The zero-order valence-electron chi connectivity index (χ0n) is 27.3. The Morgan fingerprint density at radius 1 is 1.02 bits per heavy atom. The molecule has 3 amide bonds. The highest BCUT2D eigenvalue weighted by atomic mass is 16.5. The number of nitrogens with zero attached hydrogens (tertiary/aromatic N) is 2. The second-order valence-electron chi connectivity index (χ2n) is 14.5. The Morgan fingerprint density at radius 3 is 2.52 bits per heavy atom.